The van der Waals surface area contributed by atoms with Crippen molar-refractivity contribution in [3.8, 4) is 0 Å². The number of nitrogens with one attached hydrogen (secondary N) is 1. The van der Waals surface area contributed by atoms with E-state index >= 15 is 0 Å². The molecule has 1 aliphatic carbocycles. The van der Waals surface area contributed by atoms with Crippen molar-refractivity contribution in [1.29, 1.82) is 0 Å². The Balaban J connectivity index is 1.17. The molecular weight excluding hydrogens is 430 g/mol. The number of likely N-dealkylation sites (tertiary alicyclic amines) is 1. The zero-order valence-corrected chi connectivity index (χ0v) is 19.9. The number of ether oxygens (including phenoxy) is 1. The molecule has 3 atom stereocenters. The van der Waals surface area contributed by atoms with Gasteiger partial charge in [0.25, 0.3) is 5.91 Å². The van der Waals surface area contributed by atoms with E-state index < -0.39 is 6.10 Å². The van der Waals surface area contributed by atoms with Gasteiger partial charge in [-0.1, -0.05) is 24.3 Å². The van der Waals surface area contributed by atoms with Gasteiger partial charge in [-0.3, -0.25) is 4.79 Å². The van der Waals surface area contributed by atoms with E-state index in [1.807, 2.05) is 6.20 Å². The molecule has 2 aromatic rings. The van der Waals surface area contributed by atoms with Gasteiger partial charge in [0.1, 0.15) is 5.69 Å². The minimum Gasteiger partial charge on any atom is -0.389 e. The zero-order valence-electron chi connectivity index (χ0n) is 19.9. The minimum atomic E-state index is -0.617. The number of amides is 1. The first-order valence-corrected chi connectivity index (χ1v) is 12.7. The molecule has 1 amide bonds. The quantitative estimate of drug-likeness (QED) is 0.699. The lowest BCUT2D eigenvalue weighted by Gasteiger charge is -2.48. The second kappa shape index (κ2) is 8.66. The molecule has 8 heteroatoms. The maximum absolute atomic E-state index is 13.5. The van der Waals surface area contributed by atoms with Crippen LogP contribution >= 0.6 is 0 Å². The largest absolute Gasteiger partial charge is 0.389 e. The Kier molecular flexibility index (Phi) is 5.62. The first-order chi connectivity index (χ1) is 16.6. The van der Waals surface area contributed by atoms with E-state index in [0.717, 1.165) is 50.9 Å². The lowest BCUT2D eigenvalue weighted by atomic mass is 9.76. The summed E-state index contributed by atoms with van der Waals surface area (Å²) in [5.41, 5.74) is 2.71. The summed E-state index contributed by atoms with van der Waals surface area (Å²) >= 11 is 0. The average molecular weight is 466 g/mol. The Hall–Kier alpha value is -2.42. The van der Waals surface area contributed by atoms with E-state index in [0.29, 0.717) is 31.3 Å². The average Bonchev–Trinajstić information content (AvgIpc) is 3.62. The molecule has 3 aliphatic heterocycles. The number of benzene rings is 1. The first-order valence-electron chi connectivity index (χ1n) is 12.7. The Bertz CT molecular complexity index is 1070. The number of aliphatic hydroxyl groups excluding tert-OH is 1. The molecule has 34 heavy (non-hydrogen) atoms. The molecule has 0 bridgehead atoms. The van der Waals surface area contributed by atoms with Crippen LogP contribution in [-0.2, 0) is 24.2 Å². The number of aliphatic hydroxyl groups is 1. The fourth-order valence-electron chi connectivity index (χ4n) is 6.14. The summed E-state index contributed by atoms with van der Waals surface area (Å²) in [4.78, 5) is 22.3. The monoisotopic (exact) mass is 465 g/mol. The van der Waals surface area contributed by atoms with Crippen LogP contribution in [-0.4, -0.2) is 77.0 Å². The van der Waals surface area contributed by atoms with Crippen molar-refractivity contribution >= 4 is 11.9 Å². The van der Waals surface area contributed by atoms with Gasteiger partial charge in [0, 0.05) is 52.6 Å². The molecule has 6 rings (SSSR count). The Morgan fingerprint density at radius 1 is 1.21 bits per heavy atom. The second-order valence-corrected chi connectivity index (χ2v) is 10.6. The maximum atomic E-state index is 13.5. The summed E-state index contributed by atoms with van der Waals surface area (Å²) in [5, 5.41) is 14.8. The molecule has 1 aromatic heterocycles. The van der Waals surface area contributed by atoms with Crippen molar-refractivity contribution < 1.29 is 14.6 Å². The normalized spacial score (nSPS) is 28.6. The number of nitrogens with zero attached hydrogens (tertiary/aromatic N) is 4. The van der Waals surface area contributed by atoms with Gasteiger partial charge in [-0.05, 0) is 48.6 Å². The third-order valence-electron chi connectivity index (χ3n) is 8.40. The van der Waals surface area contributed by atoms with Gasteiger partial charge in [-0.2, -0.15) is 0 Å². The molecule has 1 saturated carbocycles. The number of imidazole rings is 1. The number of anilines is 1. The lowest BCUT2D eigenvalue weighted by Crippen LogP contribution is -2.65. The van der Waals surface area contributed by atoms with Crippen LogP contribution in [0.4, 0.5) is 5.95 Å². The van der Waals surface area contributed by atoms with E-state index in [1.54, 1.807) is 12.0 Å². The predicted molar refractivity (Wildman–Crippen MR) is 129 cm³/mol. The highest BCUT2D eigenvalue weighted by atomic mass is 16.5. The molecule has 2 N–H and O–H groups in total. The number of carbonyl (C=O) groups is 1. The van der Waals surface area contributed by atoms with Crippen molar-refractivity contribution in [1.82, 2.24) is 19.8 Å². The summed E-state index contributed by atoms with van der Waals surface area (Å²) in [6, 6.07) is 8.42. The van der Waals surface area contributed by atoms with E-state index in [9.17, 15) is 9.90 Å². The fraction of sp³-hybridized carbons (Fsp3) is 0.615. The second-order valence-electron chi connectivity index (χ2n) is 10.6. The standard InChI is InChI=1S/C26H35N5O3/c1-34-11-10-30-14-21(18-6-7-18)15-31-16-22(28-25(30)31)24(33)29-9-8-26(23(32)17-29)12-19-4-2-3-5-20(19)13-27-26/h2-5,16,18,21,23,27,32H,6-15,17H2,1H3/t21?,23-,26+/m1/s1. The summed E-state index contributed by atoms with van der Waals surface area (Å²) in [6.07, 6.45) is 5.45. The highest BCUT2D eigenvalue weighted by Gasteiger charge is 2.45. The Labute approximate surface area is 200 Å². The van der Waals surface area contributed by atoms with E-state index in [-0.39, 0.29) is 11.4 Å². The molecule has 1 unspecified atom stereocenters. The number of hydrogen-bond acceptors (Lipinski definition) is 6. The third kappa shape index (κ3) is 3.91. The number of carbonyl (C=O) groups excluding carboxylic acids is 1. The maximum Gasteiger partial charge on any atom is 0.274 e. The molecular formula is C26H35N5O3. The number of hydrogen-bond donors (Lipinski definition) is 2. The Morgan fingerprint density at radius 2 is 2.03 bits per heavy atom. The van der Waals surface area contributed by atoms with Crippen LogP contribution in [0.5, 0.6) is 0 Å². The molecule has 1 spiro atoms. The number of piperidine rings is 1. The summed E-state index contributed by atoms with van der Waals surface area (Å²) in [6.45, 7) is 5.04. The van der Waals surface area contributed by atoms with Crippen LogP contribution < -0.4 is 10.2 Å². The van der Waals surface area contributed by atoms with Gasteiger partial charge in [-0.15, -0.1) is 0 Å². The van der Waals surface area contributed by atoms with E-state index in [1.165, 1.54) is 24.0 Å². The minimum absolute atomic E-state index is 0.0818. The van der Waals surface area contributed by atoms with Gasteiger partial charge >= 0.3 is 0 Å². The zero-order chi connectivity index (χ0) is 23.3. The number of methoxy groups -OCH3 is 1. The van der Waals surface area contributed by atoms with Crippen LogP contribution in [0.2, 0.25) is 0 Å². The first kappa shape index (κ1) is 22.1. The molecule has 1 saturated heterocycles. The van der Waals surface area contributed by atoms with Crippen molar-refractivity contribution in [3.63, 3.8) is 0 Å². The topological polar surface area (TPSA) is 82.9 Å². The van der Waals surface area contributed by atoms with Gasteiger partial charge < -0.3 is 29.5 Å². The van der Waals surface area contributed by atoms with E-state index in [2.05, 4.69) is 39.0 Å². The molecule has 4 aliphatic rings. The molecule has 4 heterocycles. The van der Waals surface area contributed by atoms with Crippen LogP contribution in [0.3, 0.4) is 0 Å². The molecule has 0 radical (unpaired) electrons. The number of fused-ring (bicyclic) bond motifs is 2. The SMILES string of the molecule is COCCN1CC(C2CC2)Cn2cc(C(=O)N3CC[C@]4(Cc5ccccc5CN4)[C@H](O)C3)nc21. The van der Waals surface area contributed by atoms with Gasteiger partial charge in [-0.25, -0.2) is 4.98 Å². The summed E-state index contributed by atoms with van der Waals surface area (Å²) in [7, 11) is 1.72. The van der Waals surface area contributed by atoms with Gasteiger partial charge in [0.05, 0.1) is 18.2 Å². The van der Waals surface area contributed by atoms with Crippen LogP contribution in [0.1, 0.15) is 40.9 Å². The van der Waals surface area contributed by atoms with Crippen LogP contribution in [0, 0.1) is 11.8 Å². The highest BCUT2D eigenvalue weighted by Crippen LogP contribution is 2.41. The number of rotatable bonds is 5. The van der Waals surface area contributed by atoms with Gasteiger partial charge in [0.2, 0.25) is 5.95 Å². The van der Waals surface area contributed by atoms with Crippen molar-refractivity contribution in [3.05, 3.63) is 47.3 Å². The fourth-order valence-corrected chi connectivity index (χ4v) is 6.14. The predicted octanol–water partition coefficient (Wildman–Crippen LogP) is 1.67. The van der Waals surface area contributed by atoms with Crippen molar-refractivity contribution in [2.75, 3.05) is 44.8 Å². The number of aromatic nitrogens is 2. The molecule has 182 valence electrons. The van der Waals surface area contributed by atoms with Crippen LogP contribution in [0.25, 0.3) is 0 Å². The highest BCUT2D eigenvalue weighted by molar-refractivity contribution is 5.92. The van der Waals surface area contributed by atoms with Gasteiger partial charge in [0.15, 0.2) is 0 Å². The molecule has 2 fully saturated rings. The lowest BCUT2D eigenvalue weighted by molar-refractivity contribution is -0.0140. The third-order valence-corrected chi connectivity index (χ3v) is 8.40. The summed E-state index contributed by atoms with van der Waals surface area (Å²) < 4.78 is 7.48. The smallest absolute Gasteiger partial charge is 0.274 e. The van der Waals surface area contributed by atoms with Crippen molar-refractivity contribution in [2.24, 2.45) is 11.8 Å². The van der Waals surface area contributed by atoms with Crippen molar-refractivity contribution in [2.45, 2.75) is 50.4 Å². The Morgan fingerprint density at radius 3 is 2.79 bits per heavy atom. The molecule has 1 aromatic carbocycles. The number of β-amino-alcohol motifs (C(OH)–C–C–N with tert-alkyl or cyclic N) is 1. The van der Waals surface area contributed by atoms with E-state index in [4.69, 9.17) is 9.72 Å². The molecule has 8 nitrogen and oxygen atoms in total. The van der Waals surface area contributed by atoms with Crippen LogP contribution in [0.15, 0.2) is 30.5 Å². The summed E-state index contributed by atoms with van der Waals surface area (Å²) in [5.74, 6) is 2.19.